The van der Waals surface area contributed by atoms with Crippen molar-refractivity contribution in [1.82, 2.24) is 9.62 Å². The monoisotopic (exact) mass is 314 g/mol. The molecule has 1 rings (SSSR count). The lowest BCUT2D eigenvalue weighted by molar-refractivity contribution is -0.122. The summed E-state index contributed by atoms with van der Waals surface area (Å²) in [5.74, 6) is -0.346. The van der Waals surface area contributed by atoms with Gasteiger partial charge in [-0.05, 0) is 18.6 Å². The molecule has 0 heterocycles. The molecule has 0 aliphatic heterocycles. The van der Waals surface area contributed by atoms with Crippen molar-refractivity contribution in [3.05, 3.63) is 30.3 Å². The van der Waals surface area contributed by atoms with E-state index < -0.39 is 10.0 Å². The van der Waals surface area contributed by atoms with Gasteiger partial charge in [0, 0.05) is 14.2 Å². The van der Waals surface area contributed by atoms with Crippen molar-refractivity contribution >= 4 is 15.9 Å². The topological polar surface area (TPSA) is 75.7 Å². The Hall–Kier alpha value is -1.44. The fourth-order valence-electron chi connectivity index (χ4n) is 1.80. The average molecular weight is 314 g/mol. The Balaban J connectivity index is 2.68. The van der Waals surface area contributed by atoms with Gasteiger partial charge in [0.2, 0.25) is 15.9 Å². The lowest BCUT2D eigenvalue weighted by Gasteiger charge is -2.20. The molecular formula is C14H22N2O4S. The predicted octanol–water partition coefficient (Wildman–Crippen LogP) is 0.848. The molecule has 1 atom stereocenters. The highest BCUT2D eigenvalue weighted by Crippen LogP contribution is 2.12. The molecule has 0 spiro atoms. The average Bonchev–Trinajstić information content (AvgIpc) is 2.47. The molecule has 21 heavy (non-hydrogen) atoms. The zero-order valence-corrected chi connectivity index (χ0v) is 13.4. The number of sulfonamides is 1. The molecule has 1 aromatic rings. The van der Waals surface area contributed by atoms with Crippen LogP contribution in [0.2, 0.25) is 0 Å². The van der Waals surface area contributed by atoms with Gasteiger partial charge in [-0.1, -0.05) is 25.1 Å². The Morgan fingerprint density at radius 2 is 1.95 bits per heavy atom. The standard InChI is InChI=1S/C14H22N2O4S/c1-4-12(11-20-3)15-14(17)10-16(2)21(18,19)13-8-6-5-7-9-13/h5-9,12H,4,10-11H2,1-3H3,(H,15,17)/t12-/m0/s1. The van der Waals surface area contributed by atoms with Gasteiger partial charge in [-0.2, -0.15) is 4.31 Å². The highest BCUT2D eigenvalue weighted by molar-refractivity contribution is 7.89. The third-order valence-corrected chi connectivity index (χ3v) is 4.86. The first-order valence-corrected chi connectivity index (χ1v) is 8.15. The molecule has 1 amide bonds. The van der Waals surface area contributed by atoms with Crippen molar-refractivity contribution in [2.45, 2.75) is 24.3 Å². The summed E-state index contributed by atoms with van der Waals surface area (Å²) in [6.07, 6.45) is 0.717. The number of amides is 1. The first-order valence-electron chi connectivity index (χ1n) is 6.71. The van der Waals surface area contributed by atoms with Crippen LogP contribution in [-0.2, 0) is 19.6 Å². The van der Waals surface area contributed by atoms with Crippen LogP contribution in [0.25, 0.3) is 0 Å². The molecule has 0 aliphatic rings. The summed E-state index contributed by atoms with van der Waals surface area (Å²) in [6.45, 7) is 2.10. The van der Waals surface area contributed by atoms with Crippen molar-refractivity contribution in [3.63, 3.8) is 0 Å². The van der Waals surface area contributed by atoms with Gasteiger partial charge in [-0.3, -0.25) is 4.79 Å². The van der Waals surface area contributed by atoms with E-state index in [9.17, 15) is 13.2 Å². The summed E-state index contributed by atoms with van der Waals surface area (Å²) < 4.78 is 30.6. The van der Waals surface area contributed by atoms with Gasteiger partial charge in [0.25, 0.3) is 0 Å². The molecule has 6 nitrogen and oxygen atoms in total. The number of ether oxygens (including phenoxy) is 1. The minimum Gasteiger partial charge on any atom is -0.383 e. The maximum atomic E-state index is 12.3. The van der Waals surface area contributed by atoms with Crippen molar-refractivity contribution in [1.29, 1.82) is 0 Å². The van der Waals surface area contributed by atoms with Gasteiger partial charge < -0.3 is 10.1 Å². The lowest BCUT2D eigenvalue weighted by atomic mass is 10.2. The first-order chi connectivity index (χ1) is 9.91. The lowest BCUT2D eigenvalue weighted by Crippen LogP contribution is -2.44. The molecule has 1 N–H and O–H groups in total. The first kappa shape index (κ1) is 17.6. The van der Waals surface area contributed by atoms with Crippen LogP contribution in [0.15, 0.2) is 35.2 Å². The van der Waals surface area contributed by atoms with Crippen molar-refractivity contribution < 1.29 is 17.9 Å². The highest BCUT2D eigenvalue weighted by atomic mass is 32.2. The number of likely N-dealkylation sites (N-methyl/N-ethyl adjacent to an activating group) is 1. The number of nitrogens with one attached hydrogen (secondary N) is 1. The van der Waals surface area contributed by atoms with E-state index in [1.165, 1.54) is 19.2 Å². The van der Waals surface area contributed by atoms with E-state index in [1.54, 1.807) is 25.3 Å². The molecule has 118 valence electrons. The van der Waals surface area contributed by atoms with Crippen molar-refractivity contribution in [3.8, 4) is 0 Å². The maximum Gasteiger partial charge on any atom is 0.243 e. The summed E-state index contributed by atoms with van der Waals surface area (Å²) in [6, 6.07) is 7.92. The summed E-state index contributed by atoms with van der Waals surface area (Å²) >= 11 is 0. The van der Waals surface area contributed by atoms with E-state index >= 15 is 0 Å². The smallest absolute Gasteiger partial charge is 0.243 e. The molecule has 7 heteroatoms. The summed E-state index contributed by atoms with van der Waals surface area (Å²) in [4.78, 5) is 12.1. The summed E-state index contributed by atoms with van der Waals surface area (Å²) in [5, 5.41) is 2.75. The van der Waals surface area contributed by atoms with E-state index in [-0.39, 0.29) is 23.4 Å². The second-order valence-corrected chi connectivity index (χ2v) is 6.75. The van der Waals surface area contributed by atoms with E-state index in [0.29, 0.717) is 13.0 Å². The van der Waals surface area contributed by atoms with E-state index in [2.05, 4.69) is 5.32 Å². The van der Waals surface area contributed by atoms with Crippen LogP contribution in [0, 0.1) is 0 Å². The third-order valence-electron chi connectivity index (χ3n) is 3.04. The van der Waals surface area contributed by atoms with Crippen LogP contribution in [0.3, 0.4) is 0 Å². The molecule has 0 unspecified atom stereocenters. The zero-order valence-electron chi connectivity index (χ0n) is 12.6. The van der Waals surface area contributed by atoms with Crippen LogP contribution >= 0.6 is 0 Å². The van der Waals surface area contributed by atoms with E-state index in [0.717, 1.165) is 4.31 Å². The molecule has 1 aromatic carbocycles. The quantitative estimate of drug-likeness (QED) is 0.772. The van der Waals surface area contributed by atoms with Crippen molar-refractivity contribution in [2.24, 2.45) is 0 Å². The molecule has 0 saturated heterocycles. The number of benzene rings is 1. The van der Waals surface area contributed by atoms with Gasteiger partial charge in [0.05, 0.1) is 24.1 Å². The van der Waals surface area contributed by atoms with Crippen LogP contribution in [0.5, 0.6) is 0 Å². The molecule has 0 bridgehead atoms. The number of nitrogens with zero attached hydrogens (tertiary/aromatic N) is 1. The van der Waals surface area contributed by atoms with Crippen LogP contribution < -0.4 is 5.32 Å². The normalized spacial score (nSPS) is 13.1. The molecular weight excluding hydrogens is 292 g/mol. The maximum absolute atomic E-state index is 12.3. The highest BCUT2D eigenvalue weighted by Gasteiger charge is 2.23. The predicted molar refractivity (Wildman–Crippen MR) is 80.4 cm³/mol. The van der Waals surface area contributed by atoms with Gasteiger partial charge in [-0.25, -0.2) is 8.42 Å². The minimum atomic E-state index is -3.65. The molecule has 0 saturated carbocycles. The number of methoxy groups -OCH3 is 1. The Morgan fingerprint density at radius 3 is 2.48 bits per heavy atom. The number of carbonyl (C=O) groups excluding carboxylic acids is 1. The molecule has 0 fully saturated rings. The number of hydrogen-bond acceptors (Lipinski definition) is 4. The minimum absolute atomic E-state index is 0.115. The Labute approximate surface area is 126 Å². The van der Waals surface area contributed by atoms with Crippen LogP contribution in [0.1, 0.15) is 13.3 Å². The van der Waals surface area contributed by atoms with Gasteiger partial charge in [0.15, 0.2) is 0 Å². The fourth-order valence-corrected chi connectivity index (χ4v) is 2.94. The molecule has 0 radical (unpaired) electrons. The van der Waals surface area contributed by atoms with E-state index in [1.807, 2.05) is 6.92 Å². The second-order valence-electron chi connectivity index (χ2n) is 4.70. The summed E-state index contributed by atoms with van der Waals surface area (Å²) in [7, 11) is -0.703. The Bertz CT molecular complexity index is 545. The number of hydrogen-bond donors (Lipinski definition) is 1. The SMILES string of the molecule is CC[C@@H](COC)NC(=O)CN(C)S(=O)(=O)c1ccccc1. The van der Waals surface area contributed by atoms with E-state index in [4.69, 9.17) is 4.74 Å². The van der Waals surface area contributed by atoms with Crippen molar-refractivity contribution in [2.75, 3.05) is 27.3 Å². The Kier molecular flexibility index (Phi) is 6.80. The number of carbonyl (C=O) groups is 1. The van der Waals surface area contributed by atoms with Gasteiger partial charge in [0.1, 0.15) is 0 Å². The largest absolute Gasteiger partial charge is 0.383 e. The van der Waals surface area contributed by atoms with Gasteiger partial charge >= 0.3 is 0 Å². The van der Waals surface area contributed by atoms with Gasteiger partial charge in [-0.15, -0.1) is 0 Å². The van der Waals surface area contributed by atoms with Crippen LogP contribution in [-0.4, -0.2) is 52.0 Å². The second kappa shape index (κ2) is 8.11. The third kappa shape index (κ3) is 5.11. The fraction of sp³-hybridized carbons (Fsp3) is 0.500. The zero-order chi connectivity index (χ0) is 15.9. The Morgan fingerprint density at radius 1 is 1.33 bits per heavy atom. The number of rotatable bonds is 8. The molecule has 0 aromatic heterocycles. The molecule has 0 aliphatic carbocycles. The van der Waals surface area contributed by atoms with Crippen LogP contribution in [0.4, 0.5) is 0 Å². The summed E-state index contributed by atoms with van der Waals surface area (Å²) in [5.41, 5.74) is 0.